The standard InChI is InChI=1S/C12H16O2.C11H14O2/c1-9-4-6-11(7-5-9)8-10(2)12(13)14-3;1-8-3-5-10(6-4-8)7-9(2)11(12)13/h4-7,10H,8H2,1-3H3;3-6,9H,7H2,1-2H3,(H,12,13). The number of esters is 1. The fourth-order valence-electron chi connectivity index (χ4n) is 2.53. The number of hydrogen-bond acceptors (Lipinski definition) is 3. The van der Waals surface area contributed by atoms with E-state index in [2.05, 4.69) is 29.0 Å². The van der Waals surface area contributed by atoms with Crippen LogP contribution in [0.4, 0.5) is 0 Å². The first-order valence-electron chi connectivity index (χ1n) is 9.14. The second-order valence-corrected chi connectivity index (χ2v) is 7.04. The van der Waals surface area contributed by atoms with E-state index in [1.165, 1.54) is 23.8 Å². The van der Waals surface area contributed by atoms with Crippen molar-refractivity contribution in [3.8, 4) is 0 Å². The largest absolute Gasteiger partial charge is 0.481 e. The molecule has 0 aliphatic rings. The van der Waals surface area contributed by atoms with Gasteiger partial charge in [0.15, 0.2) is 0 Å². The van der Waals surface area contributed by atoms with Crippen LogP contribution in [0.2, 0.25) is 0 Å². The topological polar surface area (TPSA) is 63.6 Å². The minimum absolute atomic E-state index is 0.0669. The summed E-state index contributed by atoms with van der Waals surface area (Å²) >= 11 is 0. The van der Waals surface area contributed by atoms with Crippen molar-refractivity contribution in [2.24, 2.45) is 11.8 Å². The molecule has 0 radical (unpaired) electrons. The maximum absolute atomic E-state index is 11.2. The molecule has 4 heteroatoms. The first-order chi connectivity index (χ1) is 12.7. The maximum atomic E-state index is 11.2. The second-order valence-electron chi connectivity index (χ2n) is 7.04. The predicted molar refractivity (Wildman–Crippen MR) is 108 cm³/mol. The lowest BCUT2D eigenvalue weighted by atomic mass is 10.0. The van der Waals surface area contributed by atoms with Crippen LogP contribution in [0.5, 0.6) is 0 Å². The third kappa shape index (κ3) is 8.54. The highest BCUT2D eigenvalue weighted by atomic mass is 16.5. The molecule has 1 N–H and O–H groups in total. The van der Waals surface area contributed by atoms with E-state index in [-0.39, 0.29) is 17.8 Å². The van der Waals surface area contributed by atoms with Gasteiger partial charge >= 0.3 is 11.9 Å². The number of hydrogen-bond donors (Lipinski definition) is 1. The van der Waals surface area contributed by atoms with Crippen LogP contribution in [-0.4, -0.2) is 24.2 Å². The quantitative estimate of drug-likeness (QED) is 0.755. The lowest BCUT2D eigenvalue weighted by molar-refractivity contribution is -0.144. The van der Waals surface area contributed by atoms with Crippen molar-refractivity contribution in [3.63, 3.8) is 0 Å². The maximum Gasteiger partial charge on any atom is 0.308 e. The monoisotopic (exact) mass is 370 g/mol. The van der Waals surface area contributed by atoms with Crippen LogP contribution in [0, 0.1) is 25.7 Å². The van der Waals surface area contributed by atoms with Gasteiger partial charge in [-0.25, -0.2) is 0 Å². The first-order valence-corrected chi connectivity index (χ1v) is 9.14. The van der Waals surface area contributed by atoms with E-state index in [1.54, 1.807) is 6.92 Å². The fourth-order valence-corrected chi connectivity index (χ4v) is 2.53. The molecule has 0 amide bonds. The van der Waals surface area contributed by atoms with Crippen LogP contribution in [-0.2, 0) is 27.2 Å². The van der Waals surface area contributed by atoms with Gasteiger partial charge < -0.3 is 9.84 Å². The normalized spacial score (nSPS) is 12.3. The highest BCUT2D eigenvalue weighted by Crippen LogP contribution is 2.11. The van der Waals surface area contributed by atoms with Crippen molar-refractivity contribution in [1.82, 2.24) is 0 Å². The summed E-state index contributed by atoms with van der Waals surface area (Å²) in [4.78, 5) is 21.7. The highest BCUT2D eigenvalue weighted by molar-refractivity contribution is 5.72. The highest BCUT2D eigenvalue weighted by Gasteiger charge is 2.13. The SMILES string of the molecule is COC(=O)C(C)Cc1ccc(C)cc1.Cc1ccc(CC(C)C(=O)O)cc1. The summed E-state index contributed by atoms with van der Waals surface area (Å²) in [5.41, 5.74) is 4.69. The molecule has 146 valence electrons. The second kappa shape index (κ2) is 11.2. The Labute approximate surface area is 162 Å². The molecule has 2 rings (SSSR count). The van der Waals surface area contributed by atoms with Gasteiger partial charge in [-0.2, -0.15) is 0 Å². The van der Waals surface area contributed by atoms with Crippen LogP contribution in [0.25, 0.3) is 0 Å². The number of rotatable bonds is 6. The van der Waals surface area contributed by atoms with Crippen molar-refractivity contribution in [2.45, 2.75) is 40.5 Å². The molecule has 2 aromatic carbocycles. The third-order valence-corrected chi connectivity index (χ3v) is 4.35. The molecule has 0 spiro atoms. The van der Waals surface area contributed by atoms with E-state index in [1.807, 2.05) is 45.0 Å². The molecule has 2 atom stereocenters. The lowest BCUT2D eigenvalue weighted by Gasteiger charge is -2.08. The molecule has 4 nitrogen and oxygen atoms in total. The first kappa shape index (κ1) is 22.4. The summed E-state index contributed by atoms with van der Waals surface area (Å²) in [7, 11) is 1.42. The molecule has 2 unspecified atom stereocenters. The number of aryl methyl sites for hydroxylation is 2. The average Bonchev–Trinajstić information content (AvgIpc) is 2.65. The van der Waals surface area contributed by atoms with Crippen LogP contribution < -0.4 is 0 Å². The molecular weight excluding hydrogens is 340 g/mol. The van der Waals surface area contributed by atoms with E-state index >= 15 is 0 Å². The zero-order valence-corrected chi connectivity index (χ0v) is 16.9. The summed E-state index contributed by atoms with van der Waals surface area (Å²) in [6.07, 6.45) is 1.35. The summed E-state index contributed by atoms with van der Waals surface area (Å²) < 4.78 is 4.67. The Morgan fingerprint density at radius 1 is 0.815 bits per heavy atom. The molecule has 27 heavy (non-hydrogen) atoms. The van der Waals surface area contributed by atoms with Gasteiger partial charge in [-0.1, -0.05) is 73.5 Å². The average molecular weight is 370 g/mol. The Bertz CT molecular complexity index is 717. The molecular formula is C23H30O4. The minimum Gasteiger partial charge on any atom is -0.481 e. The molecule has 0 aliphatic heterocycles. The van der Waals surface area contributed by atoms with Crippen molar-refractivity contribution in [3.05, 3.63) is 70.8 Å². The summed E-state index contributed by atoms with van der Waals surface area (Å²) in [5.74, 6) is -1.25. The van der Waals surface area contributed by atoms with Crippen LogP contribution in [0.15, 0.2) is 48.5 Å². The van der Waals surface area contributed by atoms with E-state index in [4.69, 9.17) is 5.11 Å². The predicted octanol–water partition coefficient (Wildman–Crippen LogP) is 4.60. The van der Waals surface area contributed by atoms with Gasteiger partial charge in [-0.05, 0) is 37.8 Å². The smallest absolute Gasteiger partial charge is 0.308 e. The molecule has 0 saturated carbocycles. The molecule has 0 saturated heterocycles. The van der Waals surface area contributed by atoms with Crippen molar-refractivity contribution >= 4 is 11.9 Å². The van der Waals surface area contributed by atoms with Gasteiger partial charge in [-0.3, -0.25) is 9.59 Å². The Kier molecular flexibility index (Phi) is 9.27. The van der Waals surface area contributed by atoms with Gasteiger partial charge in [0.25, 0.3) is 0 Å². The van der Waals surface area contributed by atoms with Crippen LogP contribution in [0.1, 0.15) is 36.1 Å². The Balaban J connectivity index is 0.000000271. The van der Waals surface area contributed by atoms with Gasteiger partial charge in [0.2, 0.25) is 0 Å². The van der Waals surface area contributed by atoms with E-state index in [0.29, 0.717) is 6.42 Å². The van der Waals surface area contributed by atoms with E-state index in [9.17, 15) is 9.59 Å². The molecule has 0 bridgehead atoms. The van der Waals surface area contributed by atoms with Gasteiger partial charge in [0.05, 0.1) is 18.9 Å². The van der Waals surface area contributed by atoms with Gasteiger partial charge in [0, 0.05) is 0 Å². The zero-order chi connectivity index (χ0) is 20.4. The zero-order valence-electron chi connectivity index (χ0n) is 16.9. The summed E-state index contributed by atoms with van der Waals surface area (Å²) in [6.45, 7) is 7.67. The minimum atomic E-state index is -0.736. The Morgan fingerprint density at radius 3 is 1.52 bits per heavy atom. The van der Waals surface area contributed by atoms with Crippen molar-refractivity contribution in [2.75, 3.05) is 7.11 Å². The van der Waals surface area contributed by atoms with E-state index in [0.717, 1.165) is 12.0 Å². The number of carboxylic acid groups (broad SMARTS) is 1. The Hall–Kier alpha value is -2.62. The molecule has 0 aromatic heterocycles. The number of carboxylic acids is 1. The van der Waals surface area contributed by atoms with Crippen molar-refractivity contribution in [1.29, 1.82) is 0 Å². The summed E-state index contributed by atoms with van der Waals surface area (Å²) in [6, 6.07) is 16.2. The van der Waals surface area contributed by atoms with E-state index < -0.39 is 5.97 Å². The van der Waals surface area contributed by atoms with Gasteiger partial charge in [-0.15, -0.1) is 0 Å². The molecule has 0 aliphatic carbocycles. The molecule has 2 aromatic rings. The third-order valence-electron chi connectivity index (χ3n) is 4.35. The number of ether oxygens (including phenoxy) is 1. The number of benzene rings is 2. The Morgan fingerprint density at radius 2 is 1.19 bits per heavy atom. The van der Waals surface area contributed by atoms with Crippen molar-refractivity contribution < 1.29 is 19.4 Å². The molecule has 0 heterocycles. The fraction of sp³-hybridized carbons (Fsp3) is 0.391. The number of methoxy groups -OCH3 is 1. The van der Waals surface area contributed by atoms with Gasteiger partial charge in [0.1, 0.15) is 0 Å². The van der Waals surface area contributed by atoms with Crippen LogP contribution in [0.3, 0.4) is 0 Å². The summed E-state index contributed by atoms with van der Waals surface area (Å²) in [5, 5.41) is 8.70. The number of carbonyl (C=O) groups is 2. The lowest BCUT2D eigenvalue weighted by Crippen LogP contribution is -2.14. The molecule has 0 fully saturated rings. The van der Waals surface area contributed by atoms with Crippen LogP contribution >= 0.6 is 0 Å². The number of carbonyl (C=O) groups excluding carboxylic acids is 1. The number of aliphatic carboxylic acids is 1.